The minimum absolute atomic E-state index is 0.178. The number of aliphatic hydroxyl groups excluding tert-OH is 1. The summed E-state index contributed by atoms with van der Waals surface area (Å²) >= 11 is 0. The number of aryl methyl sites for hydroxylation is 1. The number of benzene rings is 2. The molecule has 0 bridgehead atoms. The van der Waals surface area contributed by atoms with Crippen LogP contribution in [0.4, 0.5) is 22.7 Å². The third kappa shape index (κ3) is 20.7. The smallest absolute Gasteiger partial charge is 0.394 e. The van der Waals surface area contributed by atoms with E-state index in [9.17, 15) is 0 Å². The van der Waals surface area contributed by atoms with Gasteiger partial charge in [-0.3, -0.25) is 18.2 Å². The van der Waals surface area contributed by atoms with Crippen molar-refractivity contribution in [3.8, 4) is 0 Å². The highest BCUT2D eigenvalue weighted by atomic mass is 32.3. The van der Waals surface area contributed by atoms with Gasteiger partial charge in [-0.05, 0) is 75.7 Å². The Morgan fingerprint density at radius 1 is 0.722 bits per heavy atom. The molecule has 2 aromatic rings. The van der Waals surface area contributed by atoms with Crippen LogP contribution < -0.4 is 21.3 Å². The molecule has 9 N–H and O–H groups in total. The van der Waals surface area contributed by atoms with Gasteiger partial charge in [0.05, 0.1) is 6.61 Å². The number of nitrogen functional groups attached to an aromatic ring is 2. The van der Waals surface area contributed by atoms with Crippen molar-refractivity contribution in [2.45, 2.75) is 27.7 Å². The summed E-state index contributed by atoms with van der Waals surface area (Å²) in [6, 6.07) is 13.9. The SMILES string of the molecule is CCN(CC)c1ccc(N)cc1.CCN(CCO)c1ccc(N)c(C)c1.O=S(=O)(O)O.O=S(=O)(O)O. The van der Waals surface area contributed by atoms with Crippen molar-refractivity contribution >= 4 is 43.5 Å². The van der Waals surface area contributed by atoms with Gasteiger partial charge >= 0.3 is 20.8 Å². The van der Waals surface area contributed by atoms with E-state index >= 15 is 0 Å². The number of anilines is 4. The number of rotatable bonds is 7. The van der Waals surface area contributed by atoms with Gasteiger partial charge in [0.25, 0.3) is 0 Å². The Bertz CT molecular complexity index is 1030. The third-order valence-electron chi connectivity index (χ3n) is 4.39. The zero-order valence-electron chi connectivity index (χ0n) is 20.8. The molecule has 0 radical (unpaired) electrons. The second kappa shape index (κ2) is 17.7. The molecule has 0 aromatic heterocycles. The molecule has 0 aliphatic rings. The van der Waals surface area contributed by atoms with Crippen LogP contribution in [0.5, 0.6) is 0 Å². The Morgan fingerprint density at radius 3 is 1.44 bits per heavy atom. The maximum Gasteiger partial charge on any atom is 0.394 e. The summed E-state index contributed by atoms with van der Waals surface area (Å²) in [5, 5.41) is 8.89. The summed E-state index contributed by atoms with van der Waals surface area (Å²) in [5.41, 5.74) is 16.4. The molecular weight excluding hydrogens is 516 g/mol. The van der Waals surface area contributed by atoms with Crippen LogP contribution in [0, 0.1) is 6.92 Å². The second-order valence-electron chi connectivity index (χ2n) is 7.00. The molecule has 0 aliphatic heterocycles. The Hall–Kier alpha value is -2.66. The summed E-state index contributed by atoms with van der Waals surface area (Å²) in [4.78, 5) is 4.41. The molecular formula is C21H38N4O9S2. The van der Waals surface area contributed by atoms with Crippen molar-refractivity contribution in [3.05, 3.63) is 48.0 Å². The predicted octanol–water partition coefficient (Wildman–Crippen LogP) is 2.21. The van der Waals surface area contributed by atoms with Crippen molar-refractivity contribution in [3.63, 3.8) is 0 Å². The van der Waals surface area contributed by atoms with Crippen molar-refractivity contribution in [1.29, 1.82) is 0 Å². The van der Waals surface area contributed by atoms with Crippen LogP contribution in [0.25, 0.3) is 0 Å². The van der Waals surface area contributed by atoms with E-state index in [1.165, 1.54) is 5.69 Å². The summed E-state index contributed by atoms with van der Waals surface area (Å²) in [6.07, 6.45) is 0. The average Bonchev–Trinajstić information content (AvgIpc) is 2.74. The Kier molecular flexibility index (Phi) is 17.5. The molecule has 36 heavy (non-hydrogen) atoms. The monoisotopic (exact) mass is 554 g/mol. The molecule has 0 saturated carbocycles. The number of hydrogen-bond acceptors (Lipinski definition) is 9. The molecule has 2 aromatic carbocycles. The van der Waals surface area contributed by atoms with Crippen molar-refractivity contribution in [1.82, 2.24) is 0 Å². The van der Waals surface area contributed by atoms with E-state index in [1.807, 2.05) is 31.2 Å². The Morgan fingerprint density at radius 2 is 1.11 bits per heavy atom. The number of nitrogens with two attached hydrogens (primary N) is 2. The minimum atomic E-state index is -4.67. The number of likely N-dealkylation sites (N-methyl/N-ethyl adjacent to an activating group) is 1. The van der Waals surface area contributed by atoms with E-state index in [0.717, 1.165) is 42.3 Å². The molecule has 0 amide bonds. The zero-order valence-corrected chi connectivity index (χ0v) is 22.4. The second-order valence-corrected chi connectivity index (χ2v) is 8.79. The maximum atomic E-state index is 8.89. The molecule has 0 fully saturated rings. The van der Waals surface area contributed by atoms with E-state index in [1.54, 1.807) is 0 Å². The topological polar surface area (TPSA) is 228 Å². The van der Waals surface area contributed by atoms with Gasteiger partial charge in [-0.15, -0.1) is 0 Å². The van der Waals surface area contributed by atoms with Crippen LogP contribution in [-0.4, -0.2) is 72.9 Å². The van der Waals surface area contributed by atoms with Crippen LogP contribution in [-0.2, 0) is 20.8 Å². The first-order chi connectivity index (χ1) is 16.5. The van der Waals surface area contributed by atoms with Gasteiger partial charge in [0.2, 0.25) is 0 Å². The van der Waals surface area contributed by atoms with E-state index in [4.69, 9.17) is 51.6 Å². The highest BCUT2D eigenvalue weighted by Crippen LogP contribution is 2.20. The Labute approximate surface area is 213 Å². The van der Waals surface area contributed by atoms with Crippen molar-refractivity contribution in [2.24, 2.45) is 0 Å². The first kappa shape index (κ1) is 35.5. The van der Waals surface area contributed by atoms with E-state index < -0.39 is 20.8 Å². The molecule has 208 valence electrons. The first-order valence-electron chi connectivity index (χ1n) is 10.7. The average molecular weight is 555 g/mol. The molecule has 0 atom stereocenters. The van der Waals surface area contributed by atoms with Gasteiger partial charge in [-0.2, -0.15) is 16.8 Å². The zero-order chi connectivity index (χ0) is 28.5. The molecule has 0 saturated heterocycles. The first-order valence-corrected chi connectivity index (χ1v) is 13.5. The highest BCUT2D eigenvalue weighted by molar-refractivity contribution is 7.80. The molecule has 2 rings (SSSR count). The lowest BCUT2D eigenvalue weighted by molar-refractivity contribution is 0.302. The largest absolute Gasteiger partial charge is 0.399 e. The molecule has 0 aliphatic carbocycles. The summed E-state index contributed by atoms with van der Waals surface area (Å²) < 4.78 is 63.2. The quantitative estimate of drug-likeness (QED) is 0.192. The standard InChI is InChI=1S/C11H18N2O.C10H16N2.2H2O4S/c1-3-13(6-7-14)10-4-5-11(12)9(2)8-10;1-3-12(4-2)10-7-5-9(11)6-8-10;2*1-5(2,3)4/h4-5,8,14H,3,6-7,12H2,1-2H3;5-8H,3-4,11H2,1-2H3;2*(H2,1,2,3,4). The molecule has 15 heteroatoms. The lowest BCUT2D eigenvalue weighted by Gasteiger charge is -2.22. The van der Waals surface area contributed by atoms with Gasteiger partial charge < -0.3 is 26.4 Å². The van der Waals surface area contributed by atoms with E-state index in [2.05, 4.69) is 48.8 Å². The third-order valence-corrected chi connectivity index (χ3v) is 4.39. The molecule has 13 nitrogen and oxygen atoms in total. The Balaban J connectivity index is 0. The fraction of sp³-hybridized carbons (Fsp3) is 0.429. The summed E-state index contributed by atoms with van der Waals surface area (Å²) in [5.74, 6) is 0. The highest BCUT2D eigenvalue weighted by Gasteiger charge is 2.04. The number of aliphatic hydroxyl groups is 1. The normalized spacial score (nSPS) is 10.5. The lowest BCUT2D eigenvalue weighted by Crippen LogP contribution is -2.26. The predicted molar refractivity (Wildman–Crippen MR) is 143 cm³/mol. The van der Waals surface area contributed by atoms with Crippen LogP contribution in [0.3, 0.4) is 0 Å². The van der Waals surface area contributed by atoms with E-state index in [-0.39, 0.29) is 6.61 Å². The summed E-state index contributed by atoms with van der Waals surface area (Å²) in [7, 11) is -9.33. The fourth-order valence-electron chi connectivity index (χ4n) is 2.72. The number of nitrogens with zero attached hydrogens (tertiary/aromatic N) is 2. The van der Waals surface area contributed by atoms with Crippen LogP contribution in [0.2, 0.25) is 0 Å². The minimum Gasteiger partial charge on any atom is -0.399 e. The number of hydrogen-bond donors (Lipinski definition) is 7. The van der Waals surface area contributed by atoms with E-state index in [0.29, 0.717) is 6.54 Å². The summed E-state index contributed by atoms with van der Waals surface area (Å²) in [6.45, 7) is 12.2. The van der Waals surface area contributed by atoms with Crippen molar-refractivity contribution < 1.29 is 40.2 Å². The van der Waals surface area contributed by atoms with Crippen molar-refractivity contribution in [2.75, 3.05) is 54.1 Å². The molecule has 0 unspecified atom stereocenters. The van der Waals surface area contributed by atoms with Gasteiger partial charge in [-0.1, -0.05) is 0 Å². The fourth-order valence-corrected chi connectivity index (χ4v) is 2.72. The van der Waals surface area contributed by atoms with Crippen LogP contribution in [0.15, 0.2) is 42.5 Å². The maximum absolute atomic E-state index is 8.89. The van der Waals surface area contributed by atoms with Gasteiger partial charge in [-0.25, -0.2) is 0 Å². The van der Waals surface area contributed by atoms with Crippen LogP contribution in [0.1, 0.15) is 26.3 Å². The lowest BCUT2D eigenvalue weighted by atomic mass is 10.1. The van der Waals surface area contributed by atoms with Crippen LogP contribution >= 0.6 is 0 Å². The molecule has 0 heterocycles. The van der Waals surface area contributed by atoms with Gasteiger partial charge in [0.15, 0.2) is 0 Å². The van der Waals surface area contributed by atoms with Gasteiger partial charge in [0, 0.05) is 48.9 Å². The van der Waals surface area contributed by atoms with Gasteiger partial charge in [0.1, 0.15) is 0 Å². The molecule has 0 spiro atoms.